The van der Waals surface area contributed by atoms with Gasteiger partial charge in [0.15, 0.2) is 0 Å². The van der Waals surface area contributed by atoms with Crippen molar-refractivity contribution in [1.29, 1.82) is 5.53 Å². The van der Waals surface area contributed by atoms with Gasteiger partial charge in [0.2, 0.25) is 0 Å². The third-order valence-corrected chi connectivity index (χ3v) is 1.97. The molecule has 4 N–H and O–H groups in total. The van der Waals surface area contributed by atoms with Gasteiger partial charge in [-0.25, -0.2) is 9.18 Å². The molecule has 7 nitrogen and oxygen atoms in total. The molecule has 0 radical (unpaired) electrons. The van der Waals surface area contributed by atoms with Crippen molar-refractivity contribution in [2.45, 2.75) is 19.1 Å². The molecule has 0 spiro atoms. The van der Waals surface area contributed by atoms with Gasteiger partial charge in [-0.05, 0) is 12.5 Å². The summed E-state index contributed by atoms with van der Waals surface area (Å²) in [7, 11) is 0. The lowest BCUT2D eigenvalue weighted by atomic mass is 10.3. The third-order valence-electron chi connectivity index (χ3n) is 1.97. The highest BCUT2D eigenvalue weighted by atomic mass is 19.1. The second kappa shape index (κ2) is 5.79. The van der Waals surface area contributed by atoms with Crippen molar-refractivity contribution in [3.63, 3.8) is 0 Å². The number of rotatable bonds is 6. The monoisotopic (exact) mass is 228 g/mol. The van der Waals surface area contributed by atoms with Crippen molar-refractivity contribution in [2.75, 3.05) is 12.3 Å². The molecule has 0 aliphatic heterocycles. The quantitative estimate of drug-likeness (QED) is 0.473. The van der Waals surface area contributed by atoms with Crippen LogP contribution < -0.4 is 16.8 Å². The lowest BCUT2D eigenvalue weighted by Gasteiger charge is -2.08. The first-order valence-corrected chi connectivity index (χ1v) is 4.70. The molecule has 1 rings (SSSR count). The zero-order valence-corrected chi connectivity index (χ0v) is 8.56. The van der Waals surface area contributed by atoms with E-state index in [2.05, 4.69) is 15.6 Å². The molecule has 1 atom stereocenters. The van der Waals surface area contributed by atoms with E-state index >= 15 is 0 Å². The predicted molar refractivity (Wildman–Crippen MR) is 55.6 cm³/mol. The fourth-order valence-corrected chi connectivity index (χ4v) is 1.14. The summed E-state index contributed by atoms with van der Waals surface area (Å²) < 4.78 is 14.4. The minimum absolute atomic E-state index is 0.0410. The highest BCUT2D eigenvalue weighted by Gasteiger charge is 2.06. The number of nitrogens with one attached hydrogen (secondary N) is 2. The minimum atomic E-state index is -1.17. The zero-order chi connectivity index (χ0) is 12.0. The first-order chi connectivity index (χ1) is 7.63. The van der Waals surface area contributed by atoms with Gasteiger partial charge in [0.25, 0.3) is 0 Å². The highest BCUT2D eigenvalue weighted by Crippen LogP contribution is 1.99. The summed E-state index contributed by atoms with van der Waals surface area (Å²) in [4.78, 5) is 14.8. The highest BCUT2D eigenvalue weighted by molar-refractivity contribution is 5.23. The molecule has 1 aromatic rings. The van der Waals surface area contributed by atoms with Gasteiger partial charge in [0.1, 0.15) is 12.0 Å². The lowest BCUT2D eigenvalue weighted by molar-refractivity contribution is 0.286. The second-order valence-electron chi connectivity index (χ2n) is 3.19. The van der Waals surface area contributed by atoms with E-state index in [1.54, 1.807) is 0 Å². The van der Waals surface area contributed by atoms with Crippen LogP contribution in [-0.4, -0.2) is 22.3 Å². The van der Waals surface area contributed by atoms with Gasteiger partial charge >= 0.3 is 5.69 Å². The summed E-state index contributed by atoms with van der Waals surface area (Å²) in [6.07, 6.45) is 0.451. The van der Waals surface area contributed by atoms with Gasteiger partial charge in [-0.3, -0.25) is 9.99 Å². The Kier molecular flexibility index (Phi) is 4.37. The summed E-state index contributed by atoms with van der Waals surface area (Å²) >= 11 is 0. The van der Waals surface area contributed by atoms with Crippen LogP contribution in [0.15, 0.2) is 22.3 Å². The van der Waals surface area contributed by atoms with E-state index in [1.807, 2.05) is 0 Å². The van der Waals surface area contributed by atoms with E-state index < -0.39 is 11.9 Å². The number of hydrogen-bond donors (Lipinski definition) is 3. The Balaban J connectivity index is 2.48. The molecule has 0 bridgehead atoms. The lowest BCUT2D eigenvalue weighted by Crippen LogP contribution is -2.26. The topological polar surface area (TPSA) is 109 Å². The van der Waals surface area contributed by atoms with E-state index in [9.17, 15) is 9.18 Å². The largest absolute Gasteiger partial charge is 0.383 e. The Labute approximate surface area is 91.0 Å². The zero-order valence-electron chi connectivity index (χ0n) is 8.56. The molecule has 1 unspecified atom stereocenters. The molecule has 0 aliphatic rings. The van der Waals surface area contributed by atoms with Crippen LogP contribution in [0.3, 0.4) is 0 Å². The fourth-order valence-electron chi connectivity index (χ4n) is 1.14. The number of nitrogens with two attached hydrogens (primary N) is 1. The van der Waals surface area contributed by atoms with Crippen molar-refractivity contribution in [2.24, 2.45) is 5.22 Å². The SMILES string of the molecule is N=NNCC(F)CCn1ccc(N)nc1=O. The van der Waals surface area contributed by atoms with Crippen LogP contribution >= 0.6 is 0 Å². The van der Waals surface area contributed by atoms with Crippen LogP contribution in [0, 0.1) is 5.53 Å². The maximum absolute atomic E-state index is 13.1. The van der Waals surface area contributed by atoms with Crippen molar-refractivity contribution in [1.82, 2.24) is 15.0 Å². The maximum Gasteiger partial charge on any atom is 0.349 e. The van der Waals surface area contributed by atoms with Crippen molar-refractivity contribution < 1.29 is 4.39 Å². The molecular formula is C8H13FN6O. The van der Waals surface area contributed by atoms with Crippen LogP contribution in [0.2, 0.25) is 0 Å². The van der Waals surface area contributed by atoms with E-state index in [1.165, 1.54) is 16.8 Å². The number of halogens is 1. The molecule has 1 aromatic heterocycles. The van der Waals surface area contributed by atoms with Crippen molar-refractivity contribution in [3.05, 3.63) is 22.7 Å². The molecule has 88 valence electrons. The average Bonchev–Trinajstić information content (AvgIpc) is 2.25. The molecule has 0 aliphatic carbocycles. The molecule has 0 saturated heterocycles. The first kappa shape index (κ1) is 12.1. The fraction of sp³-hybridized carbons (Fsp3) is 0.500. The molecule has 0 amide bonds. The number of aromatic nitrogens is 2. The van der Waals surface area contributed by atoms with Gasteiger partial charge in [0, 0.05) is 12.7 Å². The summed E-state index contributed by atoms with van der Waals surface area (Å²) in [6, 6.07) is 1.48. The Morgan fingerprint density at radius 1 is 1.75 bits per heavy atom. The summed E-state index contributed by atoms with van der Waals surface area (Å²) in [5, 5.41) is 2.82. The van der Waals surface area contributed by atoms with E-state index in [0.29, 0.717) is 0 Å². The van der Waals surface area contributed by atoms with Crippen LogP contribution in [-0.2, 0) is 6.54 Å². The number of hydrogen-bond acceptors (Lipinski definition) is 5. The number of alkyl halides is 1. The molecule has 8 heteroatoms. The van der Waals surface area contributed by atoms with Crippen LogP contribution in [0.5, 0.6) is 0 Å². The van der Waals surface area contributed by atoms with Crippen molar-refractivity contribution >= 4 is 5.82 Å². The Bertz CT molecular complexity index is 406. The summed E-state index contributed by atoms with van der Waals surface area (Å²) in [5.41, 5.74) is 13.4. The maximum atomic E-state index is 13.1. The van der Waals surface area contributed by atoms with Crippen LogP contribution in [0.25, 0.3) is 0 Å². The Morgan fingerprint density at radius 2 is 2.50 bits per heavy atom. The van der Waals surface area contributed by atoms with E-state index in [0.717, 1.165) is 0 Å². The van der Waals surface area contributed by atoms with E-state index in [-0.39, 0.29) is 25.3 Å². The van der Waals surface area contributed by atoms with Gasteiger partial charge in [0.05, 0.1) is 6.54 Å². The van der Waals surface area contributed by atoms with Gasteiger partial charge < -0.3 is 5.73 Å². The van der Waals surface area contributed by atoms with Crippen LogP contribution in [0.4, 0.5) is 10.2 Å². The Morgan fingerprint density at radius 3 is 3.12 bits per heavy atom. The number of nitrogens with zero attached hydrogens (tertiary/aromatic N) is 3. The minimum Gasteiger partial charge on any atom is -0.383 e. The molecule has 1 heterocycles. The molecular weight excluding hydrogens is 215 g/mol. The standard InChI is InChI=1S/C8H13FN6O/c9-6(5-12-14-11)1-3-15-4-2-7(10)13-8(15)16/h2,4,6H,1,3,5H2,(H2,11,12)(H2,10,13,16). The van der Waals surface area contributed by atoms with Crippen LogP contribution in [0.1, 0.15) is 6.42 Å². The number of aryl methyl sites for hydroxylation is 1. The molecule has 16 heavy (non-hydrogen) atoms. The van der Waals surface area contributed by atoms with Gasteiger partial charge in [-0.2, -0.15) is 10.5 Å². The Hall–Kier alpha value is -1.99. The molecule has 0 saturated carbocycles. The van der Waals surface area contributed by atoms with E-state index in [4.69, 9.17) is 11.3 Å². The second-order valence-corrected chi connectivity index (χ2v) is 3.19. The summed E-state index contributed by atoms with van der Waals surface area (Å²) in [5.74, 6) is 0.146. The molecule has 0 aromatic carbocycles. The normalized spacial score (nSPS) is 12.1. The van der Waals surface area contributed by atoms with Gasteiger partial charge in [-0.15, -0.1) is 0 Å². The average molecular weight is 228 g/mol. The number of anilines is 1. The smallest absolute Gasteiger partial charge is 0.349 e. The van der Waals surface area contributed by atoms with Gasteiger partial charge in [-0.1, -0.05) is 5.22 Å². The molecule has 0 fully saturated rings. The number of nitrogen functional groups attached to an aromatic ring is 1. The third kappa shape index (κ3) is 3.64. The van der Waals surface area contributed by atoms with Crippen molar-refractivity contribution in [3.8, 4) is 0 Å². The summed E-state index contributed by atoms with van der Waals surface area (Å²) in [6.45, 7) is 0.174. The first-order valence-electron chi connectivity index (χ1n) is 4.70. The predicted octanol–water partition coefficient (Wildman–Crippen LogP) is 0.0893.